The molecular formula is C14H18FNO2. The molecule has 0 saturated heterocycles. The van der Waals surface area contributed by atoms with Crippen molar-refractivity contribution in [3.8, 4) is 0 Å². The van der Waals surface area contributed by atoms with Crippen molar-refractivity contribution in [2.24, 2.45) is 5.73 Å². The Kier molecular flexibility index (Phi) is 3.41. The third-order valence-corrected chi connectivity index (χ3v) is 3.09. The van der Waals surface area contributed by atoms with Crippen molar-refractivity contribution in [3.05, 3.63) is 35.8 Å². The summed E-state index contributed by atoms with van der Waals surface area (Å²) in [6.07, 6.45) is 0. The molecule has 2 N–H and O–H groups in total. The maximum atomic E-state index is 13.5. The standard InChI is InChI=1S/C14H18FNO2/c1-4-17-14(2,3)13(16)11-8-9-6-5-7-10(15)12(9)18-11/h5-8,13H,4,16H2,1-3H3. The molecule has 0 fully saturated rings. The summed E-state index contributed by atoms with van der Waals surface area (Å²) < 4.78 is 24.6. The lowest BCUT2D eigenvalue weighted by molar-refractivity contribution is -0.0338. The van der Waals surface area contributed by atoms with Crippen molar-refractivity contribution in [2.45, 2.75) is 32.4 Å². The number of nitrogens with two attached hydrogens (primary N) is 1. The smallest absolute Gasteiger partial charge is 0.169 e. The minimum Gasteiger partial charge on any atom is -0.456 e. The van der Waals surface area contributed by atoms with E-state index in [1.807, 2.05) is 20.8 Å². The molecule has 0 spiro atoms. The Morgan fingerprint density at radius 3 is 2.78 bits per heavy atom. The first kappa shape index (κ1) is 13.1. The third-order valence-electron chi connectivity index (χ3n) is 3.09. The summed E-state index contributed by atoms with van der Waals surface area (Å²) in [6.45, 7) is 6.26. The summed E-state index contributed by atoms with van der Waals surface area (Å²) in [5.41, 5.74) is 5.82. The first-order chi connectivity index (χ1) is 8.45. The van der Waals surface area contributed by atoms with Gasteiger partial charge in [0.05, 0.1) is 11.6 Å². The van der Waals surface area contributed by atoms with Crippen LogP contribution in [0.3, 0.4) is 0 Å². The fourth-order valence-corrected chi connectivity index (χ4v) is 2.01. The molecule has 0 aliphatic rings. The SMILES string of the molecule is CCOC(C)(C)C(N)c1cc2cccc(F)c2o1. The number of halogens is 1. The minimum absolute atomic E-state index is 0.246. The van der Waals surface area contributed by atoms with Gasteiger partial charge in [0.2, 0.25) is 0 Å². The zero-order valence-corrected chi connectivity index (χ0v) is 10.9. The first-order valence-corrected chi connectivity index (χ1v) is 6.03. The Bertz CT molecular complexity index is 548. The molecule has 0 saturated carbocycles. The maximum Gasteiger partial charge on any atom is 0.169 e. The molecule has 2 aromatic rings. The molecule has 0 aliphatic heterocycles. The highest BCUT2D eigenvalue weighted by atomic mass is 19.1. The van der Waals surface area contributed by atoms with Gasteiger partial charge in [-0.3, -0.25) is 0 Å². The number of ether oxygens (including phenoxy) is 1. The topological polar surface area (TPSA) is 48.4 Å². The second-order valence-corrected chi connectivity index (χ2v) is 4.82. The predicted molar refractivity (Wildman–Crippen MR) is 68.8 cm³/mol. The first-order valence-electron chi connectivity index (χ1n) is 6.03. The zero-order valence-electron chi connectivity index (χ0n) is 10.9. The van der Waals surface area contributed by atoms with Crippen LogP contribution < -0.4 is 5.73 Å². The molecule has 1 atom stereocenters. The molecule has 1 heterocycles. The zero-order chi connectivity index (χ0) is 13.3. The second-order valence-electron chi connectivity index (χ2n) is 4.82. The average molecular weight is 251 g/mol. The summed E-state index contributed by atoms with van der Waals surface area (Å²) in [4.78, 5) is 0. The Morgan fingerprint density at radius 1 is 1.44 bits per heavy atom. The predicted octanol–water partition coefficient (Wildman–Crippen LogP) is 3.39. The van der Waals surface area contributed by atoms with Gasteiger partial charge in [-0.25, -0.2) is 4.39 Å². The van der Waals surface area contributed by atoms with Crippen molar-refractivity contribution < 1.29 is 13.5 Å². The molecule has 1 aromatic carbocycles. The van der Waals surface area contributed by atoms with Crippen molar-refractivity contribution in [2.75, 3.05) is 6.61 Å². The van der Waals surface area contributed by atoms with Crippen LogP contribution in [0.2, 0.25) is 0 Å². The van der Waals surface area contributed by atoms with Crippen molar-refractivity contribution in [3.63, 3.8) is 0 Å². The molecule has 98 valence electrons. The van der Waals surface area contributed by atoms with Gasteiger partial charge in [-0.2, -0.15) is 0 Å². The number of rotatable bonds is 4. The highest BCUT2D eigenvalue weighted by Gasteiger charge is 2.31. The Hall–Kier alpha value is -1.39. The normalized spacial score (nSPS) is 14.1. The number of furan rings is 1. The van der Waals surface area contributed by atoms with Gasteiger partial charge in [-0.05, 0) is 32.9 Å². The molecule has 18 heavy (non-hydrogen) atoms. The molecule has 0 amide bonds. The lowest BCUT2D eigenvalue weighted by Crippen LogP contribution is -2.38. The average Bonchev–Trinajstić information content (AvgIpc) is 2.73. The minimum atomic E-state index is -0.556. The van der Waals surface area contributed by atoms with E-state index >= 15 is 0 Å². The summed E-state index contributed by atoms with van der Waals surface area (Å²) in [5, 5.41) is 0.716. The van der Waals surface area contributed by atoms with E-state index in [4.69, 9.17) is 14.9 Å². The van der Waals surface area contributed by atoms with Crippen LogP contribution in [-0.4, -0.2) is 12.2 Å². The van der Waals surface area contributed by atoms with E-state index in [2.05, 4.69) is 0 Å². The molecule has 3 nitrogen and oxygen atoms in total. The Morgan fingerprint density at radius 2 is 2.17 bits per heavy atom. The van der Waals surface area contributed by atoms with E-state index in [0.717, 1.165) is 0 Å². The number of hydrogen-bond donors (Lipinski definition) is 1. The molecule has 0 bridgehead atoms. The van der Waals surface area contributed by atoms with Crippen LogP contribution in [0.25, 0.3) is 11.0 Å². The number of hydrogen-bond acceptors (Lipinski definition) is 3. The van der Waals surface area contributed by atoms with Gasteiger partial charge < -0.3 is 14.9 Å². The lowest BCUT2D eigenvalue weighted by Gasteiger charge is -2.29. The van der Waals surface area contributed by atoms with E-state index in [1.54, 1.807) is 18.2 Å². The highest BCUT2D eigenvalue weighted by Crippen LogP contribution is 2.31. The molecular weight excluding hydrogens is 233 g/mol. The van der Waals surface area contributed by atoms with Crippen LogP contribution in [-0.2, 0) is 4.74 Å². The van der Waals surface area contributed by atoms with Crippen LogP contribution in [0.5, 0.6) is 0 Å². The van der Waals surface area contributed by atoms with Crippen molar-refractivity contribution >= 4 is 11.0 Å². The summed E-state index contributed by atoms with van der Waals surface area (Å²) >= 11 is 0. The van der Waals surface area contributed by atoms with Crippen molar-refractivity contribution in [1.82, 2.24) is 0 Å². The van der Waals surface area contributed by atoms with E-state index in [0.29, 0.717) is 17.8 Å². The van der Waals surface area contributed by atoms with Crippen LogP contribution in [0.1, 0.15) is 32.6 Å². The number of benzene rings is 1. The number of fused-ring (bicyclic) bond motifs is 1. The van der Waals surface area contributed by atoms with Gasteiger partial charge in [0, 0.05) is 12.0 Å². The monoisotopic (exact) mass is 251 g/mol. The molecule has 0 aliphatic carbocycles. The Balaban J connectivity index is 2.39. The summed E-state index contributed by atoms with van der Waals surface area (Å²) in [5.74, 6) is 0.161. The second kappa shape index (κ2) is 4.71. The molecule has 1 unspecified atom stereocenters. The Labute approximate surface area is 106 Å². The molecule has 1 aromatic heterocycles. The van der Waals surface area contributed by atoms with E-state index < -0.39 is 11.6 Å². The van der Waals surface area contributed by atoms with E-state index in [9.17, 15) is 4.39 Å². The van der Waals surface area contributed by atoms with Gasteiger partial charge in [0.1, 0.15) is 5.76 Å². The van der Waals surface area contributed by atoms with Crippen LogP contribution in [0.4, 0.5) is 4.39 Å². The quantitative estimate of drug-likeness (QED) is 0.906. The van der Waals surface area contributed by atoms with Gasteiger partial charge in [-0.15, -0.1) is 0 Å². The van der Waals surface area contributed by atoms with Crippen molar-refractivity contribution in [1.29, 1.82) is 0 Å². The van der Waals surface area contributed by atoms with Gasteiger partial charge in [0.15, 0.2) is 11.4 Å². The highest BCUT2D eigenvalue weighted by molar-refractivity contribution is 5.78. The van der Waals surface area contributed by atoms with Crippen LogP contribution in [0.15, 0.2) is 28.7 Å². The summed E-state index contributed by atoms with van der Waals surface area (Å²) in [6, 6.07) is 6.14. The van der Waals surface area contributed by atoms with Gasteiger partial charge >= 0.3 is 0 Å². The fraction of sp³-hybridized carbons (Fsp3) is 0.429. The maximum absolute atomic E-state index is 13.5. The largest absolute Gasteiger partial charge is 0.456 e. The number of para-hydroxylation sites is 1. The third kappa shape index (κ3) is 2.26. The van der Waals surface area contributed by atoms with Gasteiger partial charge in [0.25, 0.3) is 0 Å². The van der Waals surface area contributed by atoms with Crippen LogP contribution in [0, 0.1) is 5.82 Å². The molecule has 4 heteroatoms. The van der Waals surface area contributed by atoms with Crippen LogP contribution >= 0.6 is 0 Å². The lowest BCUT2D eigenvalue weighted by atomic mass is 9.97. The fourth-order valence-electron chi connectivity index (χ4n) is 2.01. The molecule has 2 rings (SSSR count). The molecule has 0 radical (unpaired) electrons. The van der Waals surface area contributed by atoms with E-state index in [1.165, 1.54) is 6.07 Å². The van der Waals surface area contributed by atoms with E-state index in [-0.39, 0.29) is 11.4 Å². The summed E-state index contributed by atoms with van der Waals surface area (Å²) in [7, 11) is 0. The van der Waals surface area contributed by atoms with Gasteiger partial charge in [-0.1, -0.05) is 12.1 Å².